The molecule has 2 N–H and O–H groups in total. The molecule has 3 aromatic rings. The number of nitrogens with two attached hydrogens (primary N) is 1. The van der Waals surface area contributed by atoms with Gasteiger partial charge >= 0.3 is 12.2 Å². The fraction of sp³-hybridized carbons (Fsp3) is 0.562. The molecule has 2 fully saturated rings. The molecule has 2 saturated heterocycles. The first-order valence-corrected chi connectivity index (χ1v) is 18.1. The third kappa shape index (κ3) is 6.23. The second-order valence-electron chi connectivity index (χ2n) is 13.5. The van der Waals surface area contributed by atoms with Gasteiger partial charge in [-0.2, -0.15) is 28.2 Å². The average Bonchev–Trinajstić information content (AvgIpc) is 3.62. The summed E-state index contributed by atoms with van der Waals surface area (Å²) >= 11 is 13.9. The van der Waals surface area contributed by atoms with Gasteiger partial charge in [0.15, 0.2) is 11.5 Å². The molecule has 50 heavy (non-hydrogen) atoms. The number of anilines is 2. The lowest BCUT2D eigenvalue weighted by Gasteiger charge is -2.33. The predicted molar refractivity (Wildman–Crippen MR) is 180 cm³/mol. The number of thioether (sulfide) groups is 1. The van der Waals surface area contributed by atoms with Crippen molar-refractivity contribution in [3.8, 4) is 6.01 Å². The normalized spacial score (nSPS) is 23.7. The highest BCUT2D eigenvalue weighted by molar-refractivity contribution is 7.98. The number of rotatable bonds is 6. The molecule has 0 radical (unpaired) electrons. The number of alkyl halides is 4. The summed E-state index contributed by atoms with van der Waals surface area (Å²) in [7, 11) is 3.22. The first-order valence-electron chi connectivity index (χ1n) is 16.3. The molecule has 4 aliphatic rings. The van der Waals surface area contributed by atoms with Gasteiger partial charge in [0.05, 0.1) is 44.8 Å². The lowest BCUT2D eigenvalue weighted by Crippen LogP contribution is -2.43. The van der Waals surface area contributed by atoms with Gasteiger partial charge in [-0.3, -0.25) is 14.4 Å². The Kier molecular flexibility index (Phi) is 9.30. The number of nitrogens with zero attached hydrogens (tertiary/aromatic N) is 7. The lowest BCUT2D eigenvalue weighted by atomic mass is 9.95. The van der Waals surface area contributed by atoms with Crippen molar-refractivity contribution in [2.24, 2.45) is 0 Å². The molecule has 1 amide bonds. The van der Waals surface area contributed by atoms with Gasteiger partial charge < -0.3 is 20.3 Å². The van der Waals surface area contributed by atoms with E-state index >= 15 is 4.39 Å². The Morgan fingerprint density at radius 3 is 2.72 bits per heavy atom. The SMILES string of the molecule is CN(C)C(=O)c1nn2c(c1Cl)CN(c1nc(OC[C@@]34CCCN3C[C@H](F)C4)nc3c1CSC(c1c(F)c(N)cc(Cl)c1C(F)(F)F)C3)CCC2. The van der Waals surface area contributed by atoms with Gasteiger partial charge in [-0.1, -0.05) is 23.2 Å². The second-order valence-corrected chi connectivity index (χ2v) is 15.5. The molecule has 0 spiro atoms. The Balaban J connectivity index is 1.28. The average molecular weight is 762 g/mol. The number of halogens is 7. The molecule has 7 rings (SSSR count). The summed E-state index contributed by atoms with van der Waals surface area (Å²) in [6.07, 6.45) is -3.41. The summed E-state index contributed by atoms with van der Waals surface area (Å²) in [5, 5.41) is 3.00. The molecule has 270 valence electrons. The maximum Gasteiger partial charge on any atom is 0.418 e. The van der Waals surface area contributed by atoms with Crippen LogP contribution < -0.4 is 15.4 Å². The Hall–Kier alpha value is -3.08. The number of ether oxygens (including phenoxy) is 1. The van der Waals surface area contributed by atoms with E-state index in [1.807, 2.05) is 4.90 Å². The van der Waals surface area contributed by atoms with E-state index in [4.69, 9.17) is 38.7 Å². The molecule has 3 atom stereocenters. The number of hydrogen-bond donors (Lipinski definition) is 1. The zero-order valence-corrected chi connectivity index (χ0v) is 29.6. The number of fused-ring (bicyclic) bond motifs is 3. The molecule has 0 saturated carbocycles. The maximum atomic E-state index is 15.5. The fourth-order valence-corrected chi connectivity index (χ4v) is 9.59. The van der Waals surface area contributed by atoms with E-state index in [9.17, 15) is 22.4 Å². The standard InChI is InChI=1S/C32H35Cl2F5N8O2S/c1-44(2)29(48)27-25(34)21-13-45(6-4-8-47(21)43-27)28-17-14-50-22(23-24(32(37,38)39)18(33)9-19(40)26(23)36)10-20(17)41-30(42-28)49-15-31-5-3-7-46(31)12-16(35)11-31/h9,16,22H,3-8,10-15,40H2,1-2H3/t16-,22?,31+/m1/s1. The smallest absolute Gasteiger partial charge is 0.418 e. The fourth-order valence-electron chi connectivity index (χ4n) is 7.66. The minimum atomic E-state index is -4.93. The molecule has 18 heteroatoms. The maximum absolute atomic E-state index is 15.5. The number of aromatic nitrogens is 4. The zero-order valence-electron chi connectivity index (χ0n) is 27.3. The van der Waals surface area contributed by atoms with Crippen LogP contribution in [0.25, 0.3) is 0 Å². The van der Waals surface area contributed by atoms with E-state index in [-0.39, 0.29) is 48.0 Å². The van der Waals surface area contributed by atoms with E-state index in [0.29, 0.717) is 55.2 Å². The van der Waals surface area contributed by atoms with Gasteiger partial charge in [0.2, 0.25) is 0 Å². The summed E-state index contributed by atoms with van der Waals surface area (Å²) in [4.78, 5) is 27.8. The largest absolute Gasteiger partial charge is 0.461 e. The van der Waals surface area contributed by atoms with Crippen LogP contribution in [0.4, 0.5) is 33.5 Å². The van der Waals surface area contributed by atoms with Crippen molar-refractivity contribution in [2.45, 2.75) is 74.1 Å². The summed E-state index contributed by atoms with van der Waals surface area (Å²) < 4.78 is 80.9. The molecule has 0 bridgehead atoms. The zero-order chi connectivity index (χ0) is 35.7. The third-order valence-electron chi connectivity index (χ3n) is 10.0. The molecule has 1 unspecified atom stereocenters. The Morgan fingerprint density at radius 2 is 1.98 bits per heavy atom. The Morgan fingerprint density at radius 1 is 1.20 bits per heavy atom. The molecule has 0 aliphatic carbocycles. The van der Waals surface area contributed by atoms with Crippen LogP contribution in [0.2, 0.25) is 10.0 Å². The van der Waals surface area contributed by atoms with E-state index in [1.54, 1.807) is 18.8 Å². The molecule has 2 aromatic heterocycles. The number of carbonyl (C=O) groups is 1. The quantitative estimate of drug-likeness (QED) is 0.229. The summed E-state index contributed by atoms with van der Waals surface area (Å²) in [5.74, 6) is -0.878. The van der Waals surface area contributed by atoms with Gasteiger partial charge in [-0.15, -0.1) is 11.8 Å². The number of benzene rings is 1. The predicted octanol–water partition coefficient (Wildman–Crippen LogP) is 6.32. The molecule has 6 heterocycles. The third-order valence-corrected chi connectivity index (χ3v) is 12.0. The molecular formula is C32H35Cl2F5N8O2S. The molecular weight excluding hydrogens is 726 g/mol. The van der Waals surface area contributed by atoms with Crippen molar-refractivity contribution in [1.82, 2.24) is 29.5 Å². The molecule has 10 nitrogen and oxygen atoms in total. The van der Waals surface area contributed by atoms with Crippen LogP contribution in [-0.2, 0) is 31.4 Å². The first-order chi connectivity index (χ1) is 23.7. The van der Waals surface area contributed by atoms with E-state index in [0.717, 1.165) is 37.2 Å². The number of carbonyl (C=O) groups excluding carboxylic acids is 1. The minimum absolute atomic E-state index is 0.0117. The summed E-state index contributed by atoms with van der Waals surface area (Å²) in [6.45, 7) is 2.44. The minimum Gasteiger partial charge on any atom is -0.461 e. The van der Waals surface area contributed by atoms with Crippen molar-refractivity contribution in [1.29, 1.82) is 0 Å². The van der Waals surface area contributed by atoms with Crippen LogP contribution in [0.5, 0.6) is 6.01 Å². The highest BCUT2D eigenvalue weighted by Crippen LogP contribution is 2.50. The number of amides is 1. The topological polar surface area (TPSA) is 106 Å². The first kappa shape index (κ1) is 35.3. The Bertz CT molecular complexity index is 1840. The summed E-state index contributed by atoms with van der Waals surface area (Å²) in [5.41, 5.74) is 4.69. The van der Waals surface area contributed by atoms with Crippen molar-refractivity contribution >= 4 is 52.4 Å². The Labute approximate surface area is 299 Å². The van der Waals surface area contributed by atoms with Crippen molar-refractivity contribution in [2.75, 3.05) is 51.0 Å². The van der Waals surface area contributed by atoms with E-state index < -0.39 is 50.8 Å². The monoisotopic (exact) mass is 760 g/mol. The second kappa shape index (κ2) is 13.2. The lowest BCUT2D eigenvalue weighted by molar-refractivity contribution is -0.138. The van der Waals surface area contributed by atoms with E-state index in [2.05, 4.69) is 15.0 Å². The van der Waals surface area contributed by atoms with Crippen LogP contribution in [-0.4, -0.2) is 87.5 Å². The number of aryl methyl sites for hydroxylation is 1. The van der Waals surface area contributed by atoms with Crippen LogP contribution in [0.15, 0.2) is 6.07 Å². The highest BCUT2D eigenvalue weighted by Gasteiger charge is 2.49. The highest BCUT2D eigenvalue weighted by atomic mass is 35.5. The molecule has 4 aliphatic heterocycles. The van der Waals surface area contributed by atoms with Crippen molar-refractivity contribution in [3.63, 3.8) is 0 Å². The van der Waals surface area contributed by atoms with Crippen molar-refractivity contribution in [3.05, 3.63) is 55.7 Å². The van der Waals surface area contributed by atoms with Crippen molar-refractivity contribution < 1.29 is 31.5 Å². The van der Waals surface area contributed by atoms with Crippen LogP contribution >= 0.6 is 35.0 Å². The van der Waals surface area contributed by atoms with Gasteiger partial charge in [-0.25, -0.2) is 8.78 Å². The number of hydrogen-bond acceptors (Lipinski definition) is 9. The van der Waals surface area contributed by atoms with Gasteiger partial charge in [0, 0.05) is 68.7 Å². The molecule has 1 aromatic carbocycles. The van der Waals surface area contributed by atoms with Crippen LogP contribution in [0, 0.1) is 5.82 Å². The number of nitrogen functional groups attached to an aromatic ring is 1. The summed E-state index contributed by atoms with van der Waals surface area (Å²) in [6, 6.07) is 0.766. The van der Waals surface area contributed by atoms with Crippen LogP contribution in [0.3, 0.4) is 0 Å². The van der Waals surface area contributed by atoms with Gasteiger partial charge in [-0.05, 0) is 31.9 Å². The van der Waals surface area contributed by atoms with Gasteiger partial charge in [0.1, 0.15) is 18.6 Å². The van der Waals surface area contributed by atoms with Crippen LogP contribution in [0.1, 0.15) is 69.5 Å². The van der Waals surface area contributed by atoms with Gasteiger partial charge in [0.25, 0.3) is 5.91 Å². The van der Waals surface area contributed by atoms with E-state index in [1.165, 1.54) is 4.90 Å².